The van der Waals surface area contributed by atoms with E-state index in [0.29, 0.717) is 32.9 Å². The van der Waals surface area contributed by atoms with Gasteiger partial charge in [-0.15, -0.1) is 12.8 Å². The fraction of sp³-hybridized carbons (Fsp3) is 0.234. The summed E-state index contributed by atoms with van der Waals surface area (Å²) in [7, 11) is 5.75. The quantitative estimate of drug-likeness (QED) is 0.0126. The van der Waals surface area contributed by atoms with Gasteiger partial charge in [0, 0.05) is 118 Å². The Morgan fingerprint density at radius 1 is 0.557 bits per heavy atom. The van der Waals surface area contributed by atoms with E-state index in [1.54, 1.807) is 61.5 Å². The lowest BCUT2D eigenvalue weighted by atomic mass is 10.0. The van der Waals surface area contributed by atoms with Gasteiger partial charge in [0.25, 0.3) is 29.6 Å². The average molecular weight is 1360 g/mol. The molecule has 0 bridgehead atoms. The van der Waals surface area contributed by atoms with Gasteiger partial charge in [0.2, 0.25) is 0 Å². The molecule has 466 valence electrons. The summed E-state index contributed by atoms with van der Waals surface area (Å²) >= 11 is 6.33. The van der Waals surface area contributed by atoms with Gasteiger partial charge in [-0.05, 0) is 67.4 Å². The second-order valence-corrected chi connectivity index (χ2v) is 20.0. The lowest BCUT2D eigenvalue weighted by Crippen LogP contribution is -2.09. The molecule has 2 heterocycles. The molecule has 11 nitrogen and oxygen atoms in total. The number of fused-ring (bicyclic) bond motifs is 2. The predicted molar refractivity (Wildman–Crippen MR) is 334 cm³/mol. The van der Waals surface area contributed by atoms with E-state index in [1.807, 2.05) is 18.2 Å². The number of hydrogen-bond acceptors (Lipinski definition) is 6. The average Bonchev–Trinajstić information content (AvgIpc) is 2.06. The highest BCUT2D eigenvalue weighted by atomic mass is 79.9. The first-order chi connectivity index (χ1) is 41.4. The summed E-state index contributed by atoms with van der Waals surface area (Å²) < 4.78 is 138. The molecule has 0 aliphatic carbocycles. The predicted octanol–water partition coefficient (Wildman–Crippen LogP) is 20.4. The van der Waals surface area contributed by atoms with Crippen LogP contribution >= 0.6 is 31.9 Å². The number of halogens is 12. The molecule has 2 aromatic heterocycles. The van der Waals surface area contributed by atoms with Crippen LogP contribution in [-0.2, 0) is 34.4 Å². The standard InChI is InChI=1S/C12H11F2N3O.C12H11F2NO.C11H9F2NO2.C9H8F2O.C8H7BrF2.C8H7BrO.C2H2.CH3B.CH4/c1-8(18)11(16-17-15)7-9-5-3-4-6-10(9)12(2,13)14;1-7(16)11-6-8-9(12(2,13)14)4-3-5-10(8)15-11;1-11(12,13)7-3-2-4-8-6(7)5-9(14-8)10(15)16;1-9(10,11)8-5-3-2-4-7(8)6-12;1-8(10,11)6-4-2-3-5-7(6)9;1-6(10)7-4-2-3-5-8(7)9;2*1-2;/h3-7H,1-2H3;3-6,15H,1-2H3;2-5,14H,1H3,(H,15,16);2-6H,1H3;2-5H,1H3;2-5H,1H3;1-2H;1H3;1H4/b11-7-;;;;;;;;/i;;;;;;;;1D. The number of nitrogens with one attached hydrogen (secondary N) is 2. The number of carbonyl (C=O) groups is 5. The lowest BCUT2D eigenvalue weighted by molar-refractivity contribution is -0.113. The monoisotopic (exact) mass is 1360 g/mol. The van der Waals surface area contributed by atoms with Crippen molar-refractivity contribution in [3.63, 3.8) is 0 Å². The Kier molecular flexibility index (Phi) is 31.7. The Bertz CT molecular complexity index is 3620. The molecular formula is C64H62BBr2F10N5O6. The summed E-state index contributed by atoms with van der Waals surface area (Å²) in [5, 5.41) is 12.6. The molecule has 3 N–H and O–H groups in total. The van der Waals surface area contributed by atoms with E-state index in [2.05, 4.69) is 72.5 Å². The van der Waals surface area contributed by atoms with Crippen molar-refractivity contribution in [3.05, 3.63) is 227 Å². The van der Waals surface area contributed by atoms with Crippen LogP contribution in [0.4, 0.5) is 43.9 Å². The van der Waals surface area contributed by atoms with Crippen molar-refractivity contribution >= 4 is 97.2 Å². The van der Waals surface area contributed by atoms with Gasteiger partial charge in [0.15, 0.2) is 23.6 Å². The van der Waals surface area contributed by atoms with Crippen LogP contribution in [-0.4, -0.2) is 52.5 Å². The Morgan fingerprint density at radius 2 is 0.909 bits per heavy atom. The zero-order valence-electron chi connectivity index (χ0n) is 50.1. The SMILES string of the molecule is C#C.CC(=O)/C(=C/c1ccccc1C(C)(F)F)N=[N+]=[N-].CC(=O)c1cc2c(C(C)(F)F)cccc2[nH]1.CC(=O)c1ccccc1Br.CC(F)(F)c1cccc2[nH]c(C(=O)O)cc12.CC(F)(F)c1ccccc1Br.CC(F)(F)c1ccccc1C=O.[2H]C.[B]C. The van der Waals surface area contributed by atoms with Crippen LogP contribution in [0.15, 0.2) is 165 Å². The minimum absolute atomic E-state index is 0.0278. The van der Waals surface area contributed by atoms with Crippen molar-refractivity contribution in [2.45, 2.75) is 99.2 Å². The number of Topliss-reactive ketones (excluding diaryl/α,β-unsaturated/α-hetero) is 3. The third-order valence-corrected chi connectivity index (χ3v) is 12.7. The number of aromatic carboxylic acids is 1. The molecule has 88 heavy (non-hydrogen) atoms. The number of ketones is 3. The van der Waals surface area contributed by atoms with Crippen LogP contribution in [0.2, 0.25) is 6.82 Å². The minimum atomic E-state index is -3.04. The van der Waals surface area contributed by atoms with E-state index in [4.69, 9.17) is 12.0 Å². The number of rotatable bonds is 12. The minimum Gasteiger partial charge on any atom is -0.477 e. The van der Waals surface area contributed by atoms with Crippen LogP contribution in [0.25, 0.3) is 38.3 Å². The number of hydrogen-bond donors (Lipinski definition) is 3. The Labute approximate surface area is 522 Å². The van der Waals surface area contributed by atoms with E-state index in [-0.39, 0.29) is 67.3 Å². The zero-order valence-corrected chi connectivity index (χ0v) is 52.3. The fourth-order valence-corrected chi connectivity index (χ4v) is 8.56. The second kappa shape index (κ2) is 36.0. The smallest absolute Gasteiger partial charge is 0.352 e. The molecule has 8 aromatic rings. The first-order valence-corrected chi connectivity index (χ1v) is 26.7. The maximum atomic E-state index is 13.3. The van der Waals surface area contributed by atoms with Crippen LogP contribution < -0.4 is 0 Å². The molecule has 0 spiro atoms. The van der Waals surface area contributed by atoms with E-state index in [0.717, 1.165) is 50.7 Å². The number of allylic oxidation sites excluding steroid dienone is 1. The Morgan fingerprint density at radius 3 is 1.24 bits per heavy atom. The van der Waals surface area contributed by atoms with Crippen molar-refractivity contribution in [2.24, 2.45) is 5.11 Å². The maximum absolute atomic E-state index is 13.3. The summed E-state index contributed by atoms with van der Waals surface area (Å²) in [5.41, 5.74) is 9.62. The number of carbonyl (C=O) groups excluding carboxylic acids is 4. The van der Waals surface area contributed by atoms with Crippen LogP contribution in [0.5, 0.6) is 0 Å². The van der Waals surface area contributed by atoms with Crippen LogP contribution in [0.3, 0.4) is 0 Å². The van der Waals surface area contributed by atoms with Crippen molar-refractivity contribution in [2.75, 3.05) is 0 Å². The molecule has 6 aromatic carbocycles. The molecule has 0 aliphatic rings. The number of terminal acetylenes is 1. The van der Waals surface area contributed by atoms with E-state index < -0.39 is 41.4 Å². The van der Waals surface area contributed by atoms with Crippen molar-refractivity contribution in [3.8, 4) is 12.8 Å². The third kappa shape index (κ3) is 25.1. The van der Waals surface area contributed by atoms with Crippen molar-refractivity contribution < 1.29 is 74.4 Å². The number of carboxylic acids is 1. The second-order valence-electron chi connectivity index (χ2n) is 18.3. The Hall–Kier alpha value is -8.52. The van der Waals surface area contributed by atoms with Gasteiger partial charge in [-0.1, -0.05) is 160 Å². The summed E-state index contributed by atoms with van der Waals surface area (Å²) in [6.45, 7) is 9.71. The zero-order chi connectivity index (χ0) is 68.8. The number of alkyl halides is 10. The van der Waals surface area contributed by atoms with Gasteiger partial charge in [0.05, 0.1) is 19.2 Å². The molecule has 0 aliphatic heterocycles. The normalized spacial score (nSPS) is 11.0. The van der Waals surface area contributed by atoms with Gasteiger partial charge in [-0.25, -0.2) is 48.7 Å². The topological polar surface area (TPSA) is 186 Å². The van der Waals surface area contributed by atoms with Gasteiger partial charge < -0.3 is 15.1 Å². The molecular weight excluding hydrogens is 1300 g/mol. The largest absolute Gasteiger partial charge is 0.477 e. The molecule has 0 unspecified atom stereocenters. The third-order valence-electron chi connectivity index (χ3n) is 11.3. The number of benzene rings is 6. The molecule has 0 fully saturated rings. The summed E-state index contributed by atoms with van der Waals surface area (Å²) in [4.78, 5) is 62.1. The summed E-state index contributed by atoms with van der Waals surface area (Å²) in [6, 6.07) is 36.7. The maximum Gasteiger partial charge on any atom is 0.352 e. The first kappa shape index (κ1) is 77.5. The molecule has 24 heteroatoms. The van der Waals surface area contributed by atoms with Gasteiger partial charge in [-0.3, -0.25) is 19.2 Å². The van der Waals surface area contributed by atoms with E-state index >= 15 is 0 Å². The van der Waals surface area contributed by atoms with Crippen molar-refractivity contribution in [1.29, 1.82) is 0 Å². The molecule has 0 saturated heterocycles. The lowest BCUT2D eigenvalue weighted by Gasteiger charge is -2.13. The highest BCUT2D eigenvalue weighted by molar-refractivity contribution is 9.10. The van der Waals surface area contributed by atoms with Crippen molar-refractivity contribution in [1.82, 2.24) is 9.97 Å². The molecule has 2 radical (unpaired) electrons. The van der Waals surface area contributed by atoms with Gasteiger partial charge >= 0.3 is 5.97 Å². The molecule has 0 saturated carbocycles. The number of aldehydes is 1. The van der Waals surface area contributed by atoms with Gasteiger partial charge in [0.1, 0.15) is 5.69 Å². The summed E-state index contributed by atoms with van der Waals surface area (Å²) in [5.74, 6) is -16.4. The highest BCUT2D eigenvalue weighted by Gasteiger charge is 2.30. The summed E-state index contributed by atoms with van der Waals surface area (Å²) in [6.07, 6.45) is 9.60. The highest BCUT2D eigenvalue weighted by Crippen LogP contribution is 2.36. The molecule has 8 rings (SSSR count). The first-order valence-electron chi connectivity index (χ1n) is 26.1. The van der Waals surface area contributed by atoms with Crippen LogP contribution in [0, 0.1) is 12.8 Å². The molecule has 0 amide bonds. The number of carboxylic acid groups (broad SMARTS) is 1. The number of nitrogens with zero attached hydrogens (tertiary/aromatic N) is 3. The fourth-order valence-electron chi connectivity index (χ4n) is 7.36. The number of aromatic nitrogens is 2. The van der Waals surface area contributed by atoms with E-state index in [1.165, 1.54) is 101 Å². The van der Waals surface area contributed by atoms with Gasteiger partial charge in [-0.2, -0.15) is 0 Å². The Balaban J connectivity index is 0.00000104. The number of aromatic amines is 2. The number of azide groups is 1. The molecule has 0 atom stereocenters. The number of H-pyrrole nitrogens is 2. The van der Waals surface area contributed by atoms with Crippen LogP contribution in [0.1, 0.15) is 139 Å². The van der Waals surface area contributed by atoms with E-state index in [9.17, 15) is 67.9 Å².